The first kappa shape index (κ1) is 14.4. The van der Waals surface area contributed by atoms with E-state index >= 15 is 0 Å². The third-order valence-corrected chi connectivity index (χ3v) is 3.57. The predicted molar refractivity (Wildman–Crippen MR) is 88.1 cm³/mol. The van der Waals surface area contributed by atoms with Gasteiger partial charge in [0.2, 0.25) is 0 Å². The van der Waals surface area contributed by atoms with E-state index < -0.39 is 0 Å². The van der Waals surface area contributed by atoms with Crippen LogP contribution >= 0.6 is 0 Å². The van der Waals surface area contributed by atoms with Crippen molar-refractivity contribution in [2.24, 2.45) is 0 Å². The summed E-state index contributed by atoms with van der Waals surface area (Å²) < 4.78 is 0. The molecular formula is C18H24N2. The van der Waals surface area contributed by atoms with Gasteiger partial charge in [0.1, 0.15) is 0 Å². The summed E-state index contributed by atoms with van der Waals surface area (Å²) in [5.41, 5.74) is 11.7. The Kier molecular flexibility index (Phi) is 4.03. The molecule has 3 N–H and O–H groups in total. The Morgan fingerprint density at radius 1 is 1.00 bits per heavy atom. The highest BCUT2D eigenvalue weighted by atomic mass is 14.9. The summed E-state index contributed by atoms with van der Waals surface area (Å²) in [5, 5.41) is 3.52. The zero-order valence-electron chi connectivity index (χ0n) is 12.8. The lowest BCUT2D eigenvalue weighted by atomic mass is 9.86. The van der Waals surface area contributed by atoms with Crippen LogP contribution < -0.4 is 11.1 Å². The fourth-order valence-corrected chi connectivity index (χ4v) is 2.11. The van der Waals surface area contributed by atoms with Gasteiger partial charge in [0, 0.05) is 17.9 Å². The van der Waals surface area contributed by atoms with Gasteiger partial charge in [0.15, 0.2) is 0 Å². The zero-order chi connectivity index (χ0) is 14.8. The van der Waals surface area contributed by atoms with Gasteiger partial charge in [-0.05, 0) is 47.2 Å². The van der Waals surface area contributed by atoms with Crippen molar-refractivity contribution in [3.8, 4) is 0 Å². The van der Waals surface area contributed by atoms with Crippen LogP contribution in [-0.2, 0) is 12.0 Å². The summed E-state index contributed by atoms with van der Waals surface area (Å²) >= 11 is 0. The van der Waals surface area contributed by atoms with Gasteiger partial charge >= 0.3 is 0 Å². The first-order chi connectivity index (χ1) is 9.36. The molecule has 0 saturated carbocycles. The highest BCUT2D eigenvalue weighted by Gasteiger charge is 2.14. The second-order valence-electron chi connectivity index (χ2n) is 6.37. The zero-order valence-corrected chi connectivity index (χ0v) is 12.8. The molecule has 0 radical (unpaired) electrons. The van der Waals surface area contributed by atoms with E-state index in [-0.39, 0.29) is 5.41 Å². The molecule has 2 aromatic carbocycles. The molecular weight excluding hydrogens is 244 g/mol. The second-order valence-corrected chi connectivity index (χ2v) is 6.37. The normalized spacial score (nSPS) is 11.4. The van der Waals surface area contributed by atoms with Gasteiger partial charge < -0.3 is 11.1 Å². The van der Waals surface area contributed by atoms with Crippen LogP contribution in [0.1, 0.15) is 37.5 Å². The number of nitrogens with two attached hydrogens (primary N) is 1. The van der Waals surface area contributed by atoms with Gasteiger partial charge in [-0.1, -0.05) is 45.0 Å². The molecule has 0 atom stereocenters. The molecule has 0 aliphatic carbocycles. The number of rotatable bonds is 3. The molecule has 2 aromatic rings. The van der Waals surface area contributed by atoms with Crippen molar-refractivity contribution in [1.29, 1.82) is 0 Å². The van der Waals surface area contributed by atoms with Crippen molar-refractivity contribution in [3.63, 3.8) is 0 Å². The Hall–Kier alpha value is -1.96. The molecule has 0 bridgehead atoms. The lowest BCUT2D eigenvalue weighted by molar-refractivity contribution is 0.590. The van der Waals surface area contributed by atoms with Crippen molar-refractivity contribution >= 4 is 11.4 Å². The molecule has 0 unspecified atom stereocenters. The van der Waals surface area contributed by atoms with E-state index in [1.807, 2.05) is 12.1 Å². The lowest BCUT2D eigenvalue weighted by Gasteiger charge is -2.21. The number of anilines is 2. The van der Waals surface area contributed by atoms with Gasteiger partial charge in [0.25, 0.3) is 0 Å². The van der Waals surface area contributed by atoms with Crippen LogP contribution in [0.15, 0.2) is 42.5 Å². The van der Waals surface area contributed by atoms with Crippen LogP contribution in [0.4, 0.5) is 11.4 Å². The minimum Gasteiger partial charge on any atom is -0.399 e. The molecule has 0 aromatic heterocycles. The number of hydrogen-bond donors (Lipinski definition) is 2. The van der Waals surface area contributed by atoms with Gasteiger partial charge in [-0.3, -0.25) is 0 Å². The Bertz CT molecular complexity index is 577. The Balaban J connectivity index is 2.14. The van der Waals surface area contributed by atoms with Crippen LogP contribution in [0.5, 0.6) is 0 Å². The van der Waals surface area contributed by atoms with Crippen molar-refractivity contribution in [2.75, 3.05) is 11.1 Å². The predicted octanol–water partition coefficient (Wildman–Crippen LogP) is 4.49. The van der Waals surface area contributed by atoms with Crippen molar-refractivity contribution in [3.05, 3.63) is 59.2 Å². The molecule has 0 heterocycles. The van der Waals surface area contributed by atoms with Gasteiger partial charge in [0.05, 0.1) is 0 Å². The van der Waals surface area contributed by atoms with Crippen molar-refractivity contribution in [1.82, 2.24) is 0 Å². The summed E-state index contributed by atoms with van der Waals surface area (Å²) in [6, 6.07) is 14.7. The monoisotopic (exact) mass is 268 g/mol. The van der Waals surface area contributed by atoms with E-state index in [4.69, 9.17) is 5.73 Å². The molecule has 2 rings (SSSR count). The number of benzene rings is 2. The fourth-order valence-electron chi connectivity index (χ4n) is 2.11. The maximum Gasteiger partial charge on any atom is 0.0400 e. The van der Waals surface area contributed by atoms with Crippen LogP contribution in [0.2, 0.25) is 0 Å². The van der Waals surface area contributed by atoms with E-state index in [1.165, 1.54) is 22.4 Å². The average molecular weight is 268 g/mol. The van der Waals surface area contributed by atoms with Crippen molar-refractivity contribution in [2.45, 2.75) is 39.7 Å². The Labute approximate surface area is 122 Å². The minimum atomic E-state index is 0.172. The number of nitrogen functional groups attached to an aromatic ring is 1. The van der Waals surface area contributed by atoms with Crippen LogP contribution in [0.3, 0.4) is 0 Å². The van der Waals surface area contributed by atoms with Crippen LogP contribution in [0.25, 0.3) is 0 Å². The van der Waals surface area contributed by atoms with E-state index in [9.17, 15) is 0 Å². The molecule has 106 valence electrons. The molecule has 0 aliphatic rings. The summed E-state index contributed by atoms with van der Waals surface area (Å²) in [7, 11) is 0. The first-order valence-corrected chi connectivity index (χ1v) is 7.06. The topological polar surface area (TPSA) is 38.0 Å². The summed E-state index contributed by atoms with van der Waals surface area (Å²) in [6.45, 7) is 9.66. The maximum absolute atomic E-state index is 5.71. The van der Waals surface area contributed by atoms with Gasteiger partial charge in [-0.25, -0.2) is 0 Å². The Morgan fingerprint density at radius 3 is 2.25 bits per heavy atom. The molecule has 0 spiro atoms. The number of aryl methyl sites for hydroxylation is 1. The van der Waals surface area contributed by atoms with Crippen molar-refractivity contribution < 1.29 is 0 Å². The van der Waals surface area contributed by atoms with Crippen LogP contribution in [0, 0.1) is 6.92 Å². The molecule has 2 heteroatoms. The third kappa shape index (κ3) is 3.53. The maximum atomic E-state index is 5.71. The SMILES string of the molecule is Cc1ccc(C(C)(C)C)cc1NCc1ccc(N)cc1. The highest BCUT2D eigenvalue weighted by Crippen LogP contribution is 2.27. The summed E-state index contributed by atoms with van der Waals surface area (Å²) in [6.07, 6.45) is 0. The standard InChI is InChI=1S/C18H24N2/c1-13-5-8-15(18(2,3)4)11-17(13)20-12-14-6-9-16(19)10-7-14/h5-11,20H,12,19H2,1-4H3. The second kappa shape index (κ2) is 5.58. The minimum absolute atomic E-state index is 0.172. The van der Waals surface area contributed by atoms with Crippen LogP contribution in [-0.4, -0.2) is 0 Å². The van der Waals surface area contributed by atoms with E-state index in [0.29, 0.717) is 0 Å². The fraction of sp³-hybridized carbons (Fsp3) is 0.333. The molecule has 2 nitrogen and oxygen atoms in total. The lowest BCUT2D eigenvalue weighted by Crippen LogP contribution is -2.12. The van der Waals surface area contributed by atoms with Gasteiger partial charge in [-0.2, -0.15) is 0 Å². The Morgan fingerprint density at radius 2 is 1.65 bits per heavy atom. The highest BCUT2D eigenvalue weighted by molar-refractivity contribution is 5.54. The molecule has 20 heavy (non-hydrogen) atoms. The molecule has 0 aliphatic heterocycles. The third-order valence-electron chi connectivity index (χ3n) is 3.57. The molecule has 0 saturated heterocycles. The molecule has 0 fully saturated rings. The first-order valence-electron chi connectivity index (χ1n) is 7.06. The molecule has 0 amide bonds. The van der Waals surface area contributed by atoms with Gasteiger partial charge in [-0.15, -0.1) is 0 Å². The van der Waals surface area contributed by atoms with E-state index in [0.717, 1.165) is 12.2 Å². The smallest absolute Gasteiger partial charge is 0.0400 e. The summed E-state index contributed by atoms with van der Waals surface area (Å²) in [4.78, 5) is 0. The number of nitrogens with one attached hydrogen (secondary N) is 1. The quantitative estimate of drug-likeness (QED) is 0.805. The largest absolute Gasteiger partial charge is 0.399 e. The number of hydrogen-bond acceptors (Lipinski definition) is 2. The van der Waals surface area contributed by atoms with E-state index in [1.54, 1.807) is 0 Å². The van der Waals surface area contributed by atoms with E-state index in [2.05, 4.69) is 63.3 Å². The summed E-state index contributed by atoms with van der Waals surface area (Å²) in [5.74, 6) is 0. The average Bonchev–Trinajstić information content (AvgIpc) is 2.38.